The fraction of sp³-hybridized carbons (Fsp3) is 0. The molecule has 0 aliphatic carbocycles. The fourth-order valence-corrected chi connectivity index (χ4v) is 3.52. The third kappa shape index (κ3) is 4.72. The molecule has 1 heterocycles. The summed E-state index contributed by atoms with van der Waals surface area (Å²) >= 11 is 0. The molecule has 0 aliphatic heterocycles. The van der Waals surface area contributed by atoms with Crippen LogP contribution in [0.25, 0.3) is 10.9 Å². The monoisotopic (exact) mass is 432 g/mol. The number of phenolic OH excluding ortho intramolecular Hbond substituents is 1. The van der Waals surface area contributed by atoms with Gasteiger partial charge in [0, 0.05) is 41.1 Å². The van der Waals surface area contributed by atoms with E-state index in [4.69, 9.17) is 4.55 Å². The summed E-state index contributed by atoms with van der Waals surface area (Å²) in [5.74, 6) is -0.479. The van der Waals surface area contributed by atoms with Crippen molar-refractivity contribution >= 4 is 72.1 Å². The van der Waals surface area contributed by atoms with Crippen LogP contribution in [0.2, 0.25) is 0 Å². The van der Waals surface area contributed by atoms with E-state index >= 15 is 0 Å². The van der Waals surface area contributed by atoms with E-state index < -0.39 is 35.8 Å². The second-order valence-corrected chi connectivity index (χ2v) is 8.10. The standard InChI is InChI=1S/C15H11N3O7S2.Na/c19-15-12(18-17-9-3-1-4-10(7-9)26(20,21)22)8-13(27(23,24)25)11-5-2-6-16-14(11)15;/h1-8,19H,(H,20,21,22)(H,23,24,25);. The number of benzene rings is 2. The van der Waals surface area contributed by atoms with Gasteiger partial charge in [-0.25, -0.2) is 0 Å². The topological polar surface area (TPSA) is 167 Å². The van der Waals surface area contributed by atoms with Gasteiger partial charge in [0.2, 0.25) is 0 Å². The Kier molecular flexibility index (Phi) is 6.55. The maximum atomic E-state index is 11.6. The molecule has 3 aromatic rings. The molecule has 0 fully saturated rings. The third-order valence-corrected chi connectivity index (χ3v) is 5.22. The first-order valence-electron chi connectivity index (χ1n) is 7.15. The van der Waals surface area contributed by atoms with E-state index in [-0.39, 0.29) is 51.8 Å². The summed E-state index contributed by atoms with van der Waals surface area (Å²) in [5.41, 5.74) is -0.418. The second kappa shape index (κ2) is 8.21. The van der Waals surface area contributed by atoms with Crippen LogP contribution in [0.3, 0.4) is 0 Å². The van der Waals surface area contributed by atoms with Crippen molar-refractivity contribution in [2.45, 2.75) is 9.79 Å². The number of rotatable bonds is 4. The van der Waals surface area contributed by atoms with Crippen molar-refractivity contribution < 1.29 is 31.0 Å². The summed E-state index contributed by atoms with van der Waals surface area (Å²) in [7, 11) is -9.09. The zero-order chi connectivity index (χ0) is 19.8. The third-order valence-electron chi connectivity index (χ3n) is 3.47. The van der Waals surface area contributed by atoms with Crippen LogP contribution in [-0.2, 0) is 20.2 Å². The average Bonchev–Trinajstić information content (AvgIpc) is 2.60. The Morgan fingerprint density at radius 1 is 0.893 bits per heavy atom. The van der Waals surface area contributed by atoms with E-state index in [1.54, 1.807) is 0 Å². The Morgan fingerprint density at radius 2 is 1.61 bits per heavy atom. The van der Waals surface area contributed by atoms with E-state index in [0.717, 1.165) is 18.2 Å². The second-order valence-electron chi connectivity index (χ2n) is 5.29. The smallest absolute Gasteiger partial charge is 0.295 e. The van der Waals surface area contributed by atoms with Crippen LogP contribution in [0.15, 0.2) is 68.7 Å². The number of azo groups is 1. The number of fused-ring (bicyclic) bond motifs is 1. The minimum Gasteiger partial charge on any atom is -0.504 e. The molecule has 13 heteroatoms. The van der Waals surface area contributed by atoms with Gasteiger partial charge in [0.25, 0.3) is 20.2 Å². The molecule has 3 rings (SSSR count). The van der Waals surface area contributed by atoms with Crippen LogP contribution in [0, 0.1) is 0 Å². The largest absolute Gasteiger partial charge is 0.504 e. The van der Waals surface area contributed by atoms with Gasteiger partial charge >= 0.3 is 0 Å². The molecule has 0 unspecified atom stereocenters. The molecule has 0 amide bonds. The molecule has 0 spiro atoms. The first-order chi connectivity index (χ1) is 12.6. The molecule has 1 aromatic heterocycles. The maximum absolute atomic E-state index is 11.6. The molecule has 3 N–H and O–H groups in total. The molecule has 141 valence electrons. The molecular formula is C15H11N3NaO7S2. The molecule has 10 nitrogen and oxygen atoms in total. The van der Waals surface area contributed by atoms with Gasteiger partial charge in [-0.15, -0.1) is 5.11 Å². The predicted octanol–water partition coefficient (Wildman–Crippen LogP) is 2.47. The van der Waals surface area contributed by atoms with Crippen LogP contribution < -0.4 is 0 Å². The first-order valence-corrected chi connectivity index (χ1v) is 10.0. The summed E-state index contributed by atoms with van der Waals surface area (Å²) in [6.07, 6.45) is 1.31. The Balaban J connectivity index is 0.00000280. The Hall–Kier alpha value is -1.93. The minimum absolute atomic E-state index is 0. The van der Waals surface area contributed by atoms with Gasteiger partial charge in [0.05, 0.1) is 10.6 Å². The summed E-state index contributed by atoms with van der Waals surface area (Å²) < 4.78 is 64.0. The van der Waals surface area contributed by atoms with Crippen molar-refractivity contribution in [2.75, 3.05) is 0 Å². The van der Waals surface area contributed by atoms with Crippen LogP contribution in [0.5, 0.6) is 5.75 Å². The van der Waals surface area contributed by atoms with Crippen molar-refractivity contribution in [3.63, 3.8) is 0 Å². The van der Waals surface area contributed by atoms with Crippen molar-refractivity contribution in [3.05, 3.63) is 48.7 Å². The van der Waals surface area contributed by atoms with E-state index in [0.29, 0.717) is 0 Å². The van der Waals surface area contributed by atoms with Gasteiger partial charge in [-0.2, -0.15) is 21.9 Å². The van der Waals surface area contributed by atoms with Gasteiger partial charge < -0.3 is 5.11 Å². The van der Waals surface area contributed by atoms with Gasteiger partial charge in [-0.05, 0) is 36.4 Å². The van der Waals surface area contributed by atoms with Gasteiger partial charge in [0.1, 0.15) is 16.1 Å². The zero-order valence-corrected chi connectivity index (χ0v) is 17.9. The number of aromatic hydroxyl groups is 1. The first kappa shape index (κ1) is 22.4. The molecule has 0 bridgehead atoms. The SMILES string of the molecule is O=S(=O)(O)c1cccc(N=Nc2cc(S(=O)(=O)O)c3cccnc3c2O)c1.[Na]. The normalized spacial score (nSPS) is 12.2. The number of phenols is 1. The number of aromatic nitrogens is 1. The Bertz CT molecular complexity index is 1290. The van der Waals surface area contributed by atoms with Crippen molar-refractivity contribution in [3.8, 4) is 5.75 Å². The Morgan fingerprint density at radius 3 is 2.25 bits per heavy atom. The van der Waals surface area contributed by atoms with E-state index in [1.165, 1.54) is 30.5 Å². The number of hydrogen-bond acceptors (Lipinski definition) is 8. The van der Waals surface area contributed by atoms with E-state index in [9.17, 15) is 26.5 Å². The van der Waals surface area contributed by atoms with Crippen LogP contribution in [0.4, 0.5) is 11.4 Å². The summed E-state index contributed by atoms with van der Waals surface area (Å²) in [5, 5.41) is 17.7. The molecule has 0 atom stereocenters. The van der Waals surface area contributed by atoms with Crippen LogP contribution in [-0.4, -0.2) is 65.6 Å². The molecule has 1 radical (unpaired) electrons. The van der Waals surface area contributed by atoms with Crippen molar-refractivity contribution in [1.29, 1.82) is 0 Å². The van der Waals surface area contributed by atoms with Gasteiger partial charge in [-0.3, -0.25) is 14.1 Å². The maximum Gasteiger partial charge on any atom is 0.295 e. The minimum atomic E-state index is -4.64. The summed E-state index contributed by atoms with van der Waals surface area (Å²) in [6, 6.07) is 8.53. The van der Waals surface area contributed by atoms with E-state index in [2.05, 4.69) is 15.2 Å². The summed E-state index contributed by atoms with van der Waals surface area (Å²) in [4.78, 5) is 2.94. The van der Waals surface area contributed by atoms with Crippen LogP contribution in [0.1, 0.15) is 0 Å². The van der Waals surface area contributed by atoms with Crippen molar-refractivity contribution in [2.24, 2.45) is 10.2 Å². The quantitative estimate of drug-likeness (QED) is 0.321. The average molecular weight is 432 g/mol. The number of pyridine rings is 1. The molecule has 0 aliphatic rings. The fourth-order valence-electron chi connectivity index (χ4n) is 2.29. The van der Waals surface area contributed by atoms with Gasteiger partial charge in [-0.1, -0.05) is 6.07 Å². The van der Waals surface area contributed by atoms with E-state index in [1.807, 2.05) is 0 Å². The molecule has 28 heavy (non-hydrogen) atoms. The number of nitrogens with zero attached hydrogens (tertiary/aromatic N) is 3. The van der Waals surface area contributed by atoms with Crippen molar-refractivity contribution in [1.82, 2.24) is 4.98 Å². The van der Waals surface area contributed by atoms with Gasteiger partial charge in [0.15, 0.2) is 5.75 Å². The molecule has 2 aromatic carbocycles. The Labute approximate surface area is 181 Å². The molecule has 0 saturated heterocycles. The molecular weight excluding hydrogens is 421 g/mol. The predicted molar refractivity (Wildman–Crippen MR) is 99.4 cm³/mol. The summed E-state index contributed by atoms with van der Waals surface area (Å²) in [6.45, 7) is 0. The zero-order valence-electron chi connectivity index (χ0n) is 14.3. The number of hydrogen-bond donors (Lipinski definition) is 3. The molecule has 0 saturated carbocycles. The van der Waals surface area contributed by atoms with Crippen LogP contribution >= 0.6 is 0 Å².